The molecule has 0 saturated carbocycles. The number of hydrogen-bond donors (Lipinski definition) is 0. The lowest BCUT2D eigenvalue weighted by molar-refractivity contribution is 0.0977. The third-order valence-corrected chi connectivity index (χ3v) is 4.19. The number of nitrogens with zero attached hydrogens (tertiary/aromatic N) is 4. The Morgan fingerprint density at radius 3 is 2.86 bits per heavy atom. The van der Waals surface area contributed by atoms with Crippen molar-refractivity contribution in [2.24, 2.45) is 5.92 Å². The Bertz CT molecular complexity index is 662. The van der Waals surface area contributed by atoms with Crippen LogP contribution in [0.25, 0.3) is 0 Å². The molecule has 1 aromatic carbocycles. The van der Waals surface area contributed by atoms with E-state index in [1.807, 2.05) is 30.0 Å². The van der Waals surface area contributed by atoms with E-state index in [9.17, 15) is 4.79 Å². The fraction of sp³-hybridized carbons (Fsp3) is 0.438. The maximum Gasteiger partial charge on any atom is 0.278 e. The van der Waals surface area contributed by atoms with Crippen LogP contribution >= 0.6 is 0 Å². The van der Waals surface area contributed by atoms with Crippen LogP contribution in [0.1, 0.15) is 42.7 Å². The van der Waals surface area contributed by atoms with E-state index in [1.54, 1.807) is 10.9 Å². The van der Waals surface area contributed by atoms with Gasteiger partial charge in [0, 0.05) is 24.7 Å². The highest BCUT2D eigenvalue weighted by molar-refractivity contribution is 6.06. The lowest BCUT2D eigenvalue weighted by atomic mass is 9.90. The zero-order chi connectivity index (χ0) is 15.0. The zero-order valence-electron chi connectivity index (χ0n) is 12.7. The summed E-state index contributed by atoms with van der Waals surface area (Å²) in [5, 5.41) is 7.82. The van der Waals surface area contributed by atoms with Gasteiger partial charge in [-0.3, -0.25) is 4.79 Å². The minimum absolute atomic E-state index is 0.0162. The Hall–Kier alpha value is -2.17. The Morgan fingerprint density at radius 1 is 1.38 bits per heavy atom. The van der Waals surface area contributed by atoms with Gasteiger partial charge in [-0.05, 0) is 24.5 Å². The molecule has 0 aliphatic carbocycles. The van der Waals surface area contributed by atoms with E-state index in [0.717, 1.165) is 12.2 Å². The molecule has 0 spiro atoms. The third kappa shape index (κ3) is 2.22. The van der Waals surface area contributed by atoms with Gasteiger partial charge in [0.1, 0.15) is 5.69 Å². The minimum Gasteiger partial charge on any atom is -0.306 e. The van der Waals surface area contributed by atoms with Gasteiger partial charge in [-0.15, -0.1) is 5.10 Å². The van der Waals surface area contributed by atoms with Crippen LogP contribution in [0.4, 0.5) is 5.69 Å². The first-order valence-corrected chi connectivity index (χ1v) is 7.42. The SMILES string of the molecule is CCn1nncc1C(=O)N1CC(C(C)C)c2ccccc21. The molecule has 1 amide bonds. The van der Waals surface area contributed by atoms with E-state index < -0.39 is 0 Å². The molecule has 2 heterocycles. The van der Waals surface area contributed by atoms with Gasteiger partial charge in [-0.25, -0.2) is 4.68 Å². The predicted octanol–water partition coefficient (Wildman–Crippen LogP) is 2.70. The number of carbonyl (C=O) groups excluding carboxylic acids is 1. The van der Waals surface area contributed by atoms with Gasteiger partial charge in [0.2, 0.25) is 0 Å². The van der Waals surface area contributed by atoms with Crippen LogP contribution in [0.15, 0.2) is 30.5 Å². The van der Waals surface area contributed by atoms with Gasteiger partial charge >= 0.3 is 0 Å². The number of aromatic nitrogens is 3. The summed E-state index contributed by atoms with van der Waals surface area (Å²) in [6, 6.07) is 8.18. The molecule has 0 saturated heterocycles. The Balaban J connectivity index is 1.99. The normalized spacial score (nSPS) is 17.3. The van der Waals surface area contributed by atoms with Crippen LogP contribution in [-0.2, 0) is 6.54 Å². The molecule has 1 aliphatic heterocycles. The Labute approximate surface area is 124 Å². The fourth-order valence-corrected chi connectivity index (χ4v) is 3.00. The third-order valence-electron chi connectivity index (χ3n) is 4.19. The number of benzene rings is 1. The summed E-state index contributed by atoms with van der Waals surface area (Å²) in [7, 11) is 0. The number of fused-ring (bicyclic) bond motifs is 1. The second-order valence-corrected chi connectivity index (χ2v) is 5.76. The van der Waals surface area contributed by atoms with Crippen LogP contribution in [0.3, 0.4) is 0 Å². The predicted molar refractivity (Wildman–Crippen MR) is 81.4 cm³/mol. The molecule has 5 nitrogen and oxygen atoms in total. The standard InChI is InChI=1S/C16H20N4O/c1-4-20-15(9-17-18-20)16(21)19-10-13(11(2)3)12-7-5-6-8-14(12)19/h5-9,11,13H,4,10H2,1-3H3. The number of anilines is 1. The average molecular weight is 284 g/mol. The lowest BCUT2D eigenvalue weighted by Gasteiger charge is -2.19. The molecular weight excluding hydrogens is 264 g/mol. The van der Waals surface area contributed by atoms with Crippen molar-refractivity contribution < 1.29 is 4.79 Å². The van der Waals surface area contributed by atoms with Crippen molar-refractivity contribution in [3.63, 3.8) is 0 Å². The molecule has 110 valence electrons. The van der Waals surface area contributed by atoms with Crippen LogP contribution in [0.5, 0.6) is 0 Å². The lowest BCUT2D eigenvalue weighted by Crippen LogP contribution is -2.32. The van der Waals surface area contributed by atoms with Crippen LogP contribution in [-0.4, -0.2) is 27.4 Å². The molecular formula is C16H20N4O. The number of rotatable bonds is 3. The first-order chi connectivity index (χ1) is 10.1. The minimum atomic E-state index is -0.0162. The number of aryl methyl sites for hydroxylation is 1. The van der Waals surface area contributed by atoms with E-state index >= 15 is 0 Å². The highest BCUT2D eigenvalue weighted by Gasteiger charge is 2.35. The summed E-state index contributed by atoms with van der Waals surface area (Å²) in [5.41, 5.74) is 2.83. The number of hydrogen-bond acceptors (Lipinski definition) is 3. The molecule has 3 rings (SSSR count). The summed E-state index contributed by atoms with van der Waals surface area (Å²) in [5.74, 6) is 0.867. The second-order valence-electron chi connectivity index (χ2n) is 5.76. The number of para-hydroxylation sites is 1. The monoisotopic (exact) mass is 284 g/mol. The summed E-state index contributed by atoms with van der Waals surface area (Å²) in [6.07, 6.45) is 1.55. The maximum atomic E-state index is 12.8. The van der Waals surface area contributed by atoms with Crippen LogP contribution in [0.2, 0.25) is 0 Å². The van der Waals surface area contributed by atoms with Crippen molar-refractivity contribution in [2.45, 2.75) is 33.2 Å². The molecule has 1 unspecified atom stereocenters. The van der Waals surface area contributed by atoms with Crippen molar-refractivity contribution in [1.29, 1.82) is 0 Å². The zero-order valence-corrected chi connectivity index (χ0v) is 12.7. The van der Waals surface area contributed by atoms with Gasteiger partial charge in [-0.1, -0.05) is 37.3 Å². The van der Waals surface area contributed by atoms with Gasteiger partial charge in [0.05, 0.1) is 6.20 Å². The topological polar surface area (TPSA) is 51.0 Å². The van der Waals surface area contributed by atoms with E-state index in [-0.39, 0.29) is 5.91 Å². The summed E-state index contributed by atoms with van der Waals surface area (Å²) in [6.45, 7) is 7.73. The Morgan fingerprint density at radius 2 is 2.14 bits per heavy atom. The summed E-state index contributed by atoms with van der Waals surface area (Å²) in [4.78, 5) is 14.7. The molecule has 1 atom stereocenters. The average Bonchev–Trinajstić information content (AvgIpc) is 3.11. The summed E-state index contributed by atoms with van der Waals surface area (Å²) < 4.78 is 1.65. The smallest absolute Gasteiger partial charge is 0.278 e. The summed E-state index contributed by atoms with van der Waals surface area (Å²) >= 11 is 0. The van der Waals surface area contributed by atoms with Crippen LogP contribution < -0.4 is 4.90 Å². The van der Waals surface area contributed by atoms with Crippen molar-refractivity contribution in [3.8, 4) is 0 Å². The molecule has 5 heteroatoms. The van der Waals surface area contributed by atoms with Gasteiger partial charge in [0.15, 0.2) is 0 Å². The van der Waals surface area contributed by atoms with Gasteiger partial charge in [0.25, 0.3) is 5.91 Å². The second kappa shape index (κ2) is 5.31. The van der Waals surface area contributed by atoms with E-state index in [2.05, 4.69) is 30.2 Å². The molecule has 1 aliphatic rings. The number of amides is 1. The molecule has 0 bridgehead atoms. The molecule has 21 heavy (non-hydrogen) atoms. The largest absolute Gasteiger partial charge is 0.306 e. The first kappa shape index (κ1) is 13.8. The van der Waals surface area contributed by atoms with E-state index in [1.165, 1.54) is 5.56 Å². The first-order valence-electron chi connectivity index (χ1n) is 7.42. The van der Waals surface area contributed by atoms with Crippen molar-refractivity contribution in [1.82, 2.24) is 15.0 Å². The highest BCUT2D eigenvalue weighted by Crippen LogP contribution is 2.40. The quantitative estimate of drug-likeness (QED) is 0.870. The molecule has 0 fully saturated rings. The van der Waals surface area contributed by atoms with Crippen LogP contribution in [0, 0.1) is 5.92 Å². The molecule has 2 aromatic rings. The Kier molecular flexibility index (Phi) is 3.49. The van der Waals surface area contributed by atoms with Gasteiger partial charge in [-0.2, -0.15) is 0 Å². The van der Waals surface area contributed by atoms with E-state index in [0.29, 0.717) is 24.1 Å². The van der Waals surface area contributed by atoms with Crippen molar-refractivity contribution in [2.75, 3.05) is 11.4 Å². The van der Waals surface area contributed by atoms with E-state index in [4.69, 9.17) is 0 Å². The van der Waals surface area contributed by atoms with Gasteiger partial charge < -0.3 is 4.90 Å². The van der Waals surface area contributed by atoms with Crippen molar-refractivity contribution in [3.05, 3.63) is 41.7 Å². The van der Waals surface area contributed by atoms with Crippen molar-refractivity contribution >= 4 is 11.6 Å². The molecule has 0 radical (unpaired) electrons. The highest BCUT2D eigenvalue weighted by atomic mass is 16.2. The fourth-order valence-electron chi connectivity index (χ4n) is 3.00. The maximum absolute atomic E-state index is 12.8. The molecule has 0 N–H and O–H groups in total. The molecule has 1 aromatic heterocycles. The number of carbonyl (C=O) groups is 1.